The highest BCUT2D eigenvalue weighted by molar-refractivity contribution is 7.84. The lowest BCUT2D eigenvalue weighted by Gasteiger charge is -2.05. The van der Waals surface area contributed by atoms with Crippen molar-refractivity contribution in [2.75, 3.05) is 0 Å². The van der Waals surface area contributed by atoms with Gasteiger partial charge in [0.15, 0.2) is 0 Å². The zero-order chi connectivity index (χ0) is 18.6. The summed E-state index contributed by atoms with van der Waals surface area (Å²) in [5.74, 6) is -0.423. The molecule has 1 aromatic heterocycles. The second-order valence-electron chi connectivity index (χ2n) is 5.84. The fourth-order valence-corrected chi connectivity index (χ4v) is 3.32. The fraction of sp³-hybridized carbons (Fsp3) is 0.100. The normalized spacial score (nSPS) is 11.2. The van der Waals surface area contributed by atoms with Crippen LogP contribution in [0.4, 0.5) is 0 Å². The second kappa shape index (κ2) is 7.59. The number of hydrogen-bond acceptors (Lipinski definition) is 4. The van der Waals surface area contributed by atoms with E-state index in [1.807, 2.05) is 36.4 Å². The maximum absolute atomic E-state index is 10.2. The number of para-hydroxylation sites is 4. The van der Waals surface area contributed by atoms with E-state index >= 15 is 0 Å². The molecule has 1 heterocycles. The number of hydrogen-bond donors (Lipinski definition) is 0. The summed E-state index contributed by atoms with van der Waals surface area (Å²) < 4.78 is 32.9. The Hall–Kier alpha value is -2.83. The van der Waals surface area contributed by atoms with Crippen molar-refractivity contribution in [1.82, 2.24) is 4.98 Å². The molecular formula is C20H18N2O3S. The third kappa shape index (κ3) is 4.41. The van der Waals surface area contributed by atoms with Crippen LogP contribution in [0, 0.1) is 0 Å². The summed E-state index contributed by atoms with van der Waals surface area (Å²) >= 11 is 0. The van der Waals surface area contributed by atoms with E-state index < -0.39 is 15.9 Å². The molecule has 26 heavy (non-hydrogen) atoms. The van der Waals surface area contributed by atoms with Gasteiger partial charge >= 0.3 is 0 Å². The van der Waals surface area contributed by atoms with Gasteiger partial charge in [-0.1, -0.05) is 54.6 Å². The Morgan fingerprint density at radius 2 is 1.27 bits per heavy atom. The van der Waals surface area contributed by atoms with Gasteiger partial charge in [0.05, 0.1) is 15.9 Å². The van der Waals surface area contributed by atoms with Crippen molar-refractivity contribution < 1.29 is 17.5 Å². The van der Waals surface area contributed by atoms with Gasteiger partial charge < -0.3 is 4.55 Å². The van der Waals surface area contributed by atoms with Crippen molar-refractivity contribution in [3.8, 4) is 0 Å². The first kappa shape index (κ1) is 18.0. The Labute approximate surface area is 152 Å². The summed E-state index contributed by atoms with van der Waals surface area (Å²) in [6, 6.07) is 24.8. The fourth-order valence-electron chi connectivity index (χ4n) is 2.72. The van der Waals surface area contributed by atoms with Crippen LogP contribution in [0.5, 0.6) is 0 Å². The van der Waals surface area contributed by atoms with Gasteiger partial charge in [-0.2, -0.15) is 4.57 Å². The monoisotopic (exact) mass is 366 g/mol. The first-order valence-corrected chi connectivity index (χ1v) is 9.63. The van der Waals surface area contributed by atoms with Crippen LogP contribution >= 0.6 is 0 Å². The summed E-state index contributed by atoms with van der Waals surface area (Å²) in [7, 11) is -2.05. The van der Waals surface area contributed by atoms with Crippen molar-refractivity contribution >= 4 is 32.2 Å². The topological polar surface area (TPSA) is 74.0 Å². The van der Waals surface area contributed by atoms with Gasteiger partial charge in [0.1, 0.15) is 18.1 Å². The summed E-state index contributed by atoms with van der Waals surface area (Å²) in [6.07, 6.45) is 0. The molecule has 0 unspecified atom stereocenters. The first-order valence-electron chi connectivity index (χ1n) is 8.05. The molecule has 0 atom stereocenters. The molecule has 0 saturated carbocycles. The van der Waals surface area contributed by atoms with Crippen LogP contribution in [0.15, 0.2) is 78.9 Å². The lowest BCUT2D eigenvalue weighted by Crippen LogP contribution is -2.30. The third-order valence-corrected chi connectivity index (χ3v) is 4.60. The average Bonchev–Trinajstić information content (AvgIpc) is 2.62. The van der Waals surface area contributed by atoms with Crippen molar-refractivity contribution in [1.29, 1.82) is 0 Å². The average molecular weight is 366 g/mol. The molecule has 0 N–H and O–H groups in total. The number of rotatable bonds is 2. The Morgan fingerprint density at radius 3 is 1.77 bits per heavy atom. The molecule has 6 heteroatoms. The van der Waals surface area contributed by atoms with Crippen LogP contribution in [0.3, 0.4) is 0 Å². The van der Waals surface area contributed by atoms with Crippen LogP contribution in [-0.2, 0) is 22.9 Å². The van der Waals surface area contributed by atoms with Crippen molar-refractivity contribution in [2.24, 2.45) is 7.05 Å². The van der Waals surface area contributed by atoms with E-state index in [9.17, 15) is 13.0 Å². The number of aromatic nitrogens is 2. The molecular weight excluding hydrogens is 348 g/mol. The summed E-state index contributed by atoms with van der Waals surface area (Å²) in [5.41, 5.74) is 4.94. The number of fused-ring (bicyclic) bond motifs is 2. The maximum atomic E-state index is 10.2. The molecule has 4 rings (SSSR count). The Bertz CT molecular complexity index is 1090. The zero-order valence-electron chi connectivity index (χ0n) is 14.2. The predicted molar refractivity (Wildman–Crippen MR) is 100 cm³/mol. The van der Waals surface area contributed by atoms with Crippen LogP contribution in [0.25, 0.3) is 22.1 Å². The highest BCUT2D eigenvalue weighted by Crippen LogP contribution is 2.12. The molecule has 0 bridgehead atoms. The standard InChI is InChI=1S/C13H11N2.C7H8O3S/c1-15-12-8-4-2-6-10(12)14-11-7-3-5-9-13(11)15;8-11(9,10)6-7-4-2-1-3-5-7/h2-9H,1H3;1-5H,6H2,(H,8,9,10)/q+1;/p-1. The SMILES string of the molecule is C[n+]1c2ccccc2nc2ccccc21.O=S(=O)([O-])Cc1ccccc1. The molecule has 0 aliphatic rings. The molecule has 0 aliphatic carbocycles. The van der Waals surface area contributed by atoms with Gasteiger partial charge in [-0.25, -0.2) is 13.4 Å². The van der Waals surface area contributed by atoms with E-state index in [4.69, 9.17) is 0 Å². The second-order valence-corrected chi connectivity index (χ2v) is 7.24. The van der Waals surface area contributed by atoms with Crippen LogP contribution in [0.1, 0.15) is 5.56 Å². The van der Waals surface area contributed by atoms with Crippen LogP contribution in [0.2, 0.25) is 0 Å². The lowest BCUT2D eigenvalue weighted by molar-refractivity contribution is -0.617. The largest absolute Gasteiger partial charge is 0.748 e. The van der Waals surface area contributed by atoms with Crippen LogP contribution in [-0.4, -0.2) is 18.0 Å². The van der Waals surface area contributed by atoms with E-state index in [1.54, 1.807) is 30.3 Å². The minimum Gasteiger partial charge on any atom is -0.748 e. The van der Waals surface area contributed by atoms with E-state index in [1.165, 1.54) is 0 Å². The predicted octanol–water partition coefficient (Wildman–Crippen LogP) is 2.94. The highest BCUT2D eigenvalue weighted by Gasteiger charge is 2.10. The van der Waals surface area contributed by atoms with Crippen molar-refractivity contribution in [3.05, 3.63) is 84.4 Å². The third-order valence-electron chi connectivity index (χ3n) is 3.91. The van der Waals surface area contributed by atoms with Gasteiger partial charge in [0, 0.05) is 12.1 Å². The van der Waals surface area contributed by atoms with E-state index in [2.05, 4.69) is 28.7 Å². The Balaban J connectivity index is 0.000000160. The molecule has 5 nitrogen and oxygen atoms in total. The summed E-state index contributed by atoms with van der Waals surface area (Å²) in [4.78, 5) is 4.62. The molecule has 4 aromatic rings. The molecule has 0 saturated heterocycles. The van der Waals surface area contributed by atoms with E-state index in [0.717, 1.165) is 22.1 Å². The Morgan fingerprint density at radius 1 is 0.808 bits per heavy atom. The number of aryl methyl sites for hydroxylation is 1. The summed E-state index contributed by atoms with van der Waals surface area (Å²) in [5, 5.41) is 0. The molecule has 0 spiro atoms. The zero-order valence-corrected chi connectivity index (χ0v) is 15.1. The van der Waals surface area contributed by atoms with E-state index in [0.29, 0.717) is 5.56 Å². The molecule has 3 aromatic carbocycles. The smallest absolute Gasteiger partial charge is 0.231 e. The van der Waals surface area contributed by atoms with Gasteiger partial charge in [-0.3, -0.25) is 0 Å². The minimum absolute atomic E-state index is 0.423. The number of benzene rings is 3. The molecule has 0 fully saturated rings. The van der Waals surface area contributed by atoms with Crippen LogP contribution < -0.4 is 4.57 Å². The van der Waals surface area contributed by atoms with Crippen molar-refractivity contribution in [3.63, 3.8) is 0 Å². The van der Waals surface area contributed by atoms with Gasteiger partial charge in [-0.05, 0) is 17.7 Å². The van der Waals surface area contributed by atoms with Gasteiger partial charge in [0.2, 0.25) is 11.0 Å². The lowest BCUT2D eigenvalue weighted by atomic mass is 10.2. The van der Waals surface area contributed by atoms with Gasteiger partial charge in [0.25, 0.3) is 0 Å². The summed E-state index contributed by atoms with van der Waals surface area (Å²) in [6.45, 7) is 0. The Kier molecular flexibility index (Phi) is 5.25. The molecule has 132 valence electrons. The maximum Gasteiger partial charge on any atom is 0.231 e. The first-order chi connectivity index (χ1) is 12.4. The van der Waals surface area contributed by atoms with Crippen molar-refractivity contribution in [2.45, 2.75) is 5.75 Å². The molecule has 0 radical (unpaired) electrons. The molecule has 0 aliphatic heterocycles. The van der Waals surface area contributed by atoms with Gasteiger partial charge in [-0.15, -0.1) is 0 Å². The molecule has 0 amide bonds. The highest BCUT2D eigenvalue weighted by atomic mass is 32.2. The number of nitrogens with zero attached hydrogens (tertiary/aromatic N) is 2. The quantitative estimate of drug-likeness (QED) is 0.311. The van der Waals surface area contributed by atoms with E-state index in [-0.39, 0.29) is 0 Å². The minimum atomic E-state index is -4.13.